The van der Waals surface area contributed by atoms with Crippen molar-refractivity contribution in [2.24, 2.45) is 0 Å². The summed E-state index contributed by atoms with van der Waals surface area (Å²) in [5.41, 5.74) is 1.19. The van der Waals surface area contributed by atoms with E-state index in [1.807, 2.05) is 37.3 Å². The summed E-state index contributed by atoms with van der Waals surface area (Å²) in [5, 5.41) is 12.5. The lowest BCUT2D eigenvalue weighted by Crippen LogP contribution is -2.28. The van der Waals surface area contributed by atoms with E-state index in [0.29, 0.717) is 11.3 Å². The Morgan fingerprint density at radius 3 is 2.37 bits per heavy atom. The Bertz CT molecular complexity index is 1160. The minimum Gasteiger partial charge on any atom is -0.345 e. The number of amides is 2. The van der Waals surface area contributed by atoms with Gasteiger partial charge in [-0.15, -0.1) is 10.2 Å². The van der Waals surface area contributed by atoms with Crippen LogP contribution in [0.4, 0.5) is 10.8 Å². The van der Waals surface area contributed by atoms with E-state index in [9.17, 15) is 18.0 Å². The van der Waals surface area contributed by atoms with E-state index in [0.717, 1.165) is 5.56 Å². The SMILES string of the molecule is CC(=O)Nc1nnc(S(=O)(=O)Nc2ccccc2C(=O)NC(C)c2ccccc2)s1. The summed E-state index contributed by atoms with van der Waals surface area (Å²) < 4.78 is 27.4. The van der Waals surface area contributed by atoms with Gasteiger partial charge in [0, 0.05) is 6.92 Å². The van der Waals surface area contributed by atoms with Gasteiger partial charge in [-0.1, -0.05) is 53.8 Å². The van der Waals surface area contributed by atoms with Crippen LogP contribution in [0.2, 0.25) is 0 Å². The van der Waals surface area contributed by atoms with E-state index in [2.05, 4.69) is 25.6 Å². The van der Waals surface area contributed by atoms with Gasteiger partial charge in [0.05, 0.1) is 17.3 Å². The van der Waals surface area contributed by atoms with Crippen LogP contribution in [0.3, 0.4) is 0 Å². The van der Waals surface area contributed by atoms with Crippen molar-refractivity contribution in [3.63, 3.8) is 0 Å². The predicted octanol–water partition coefficient (Wildman–Crippen LogP) is 2.79. The van der Waals surface area contributed by atoms with Crippen LogP contribution in [0.5, 0.6) is 0 Å². The summed E-state index contributed by atoms with van der Waals surface area (Å²) >= 11 is 0.704. The smallest absolute Gasteiger partial charge is 0.291 e. The normalized spacial score (nSPS) is 12.1. The monoisotopic (exact) mass is 445 g/mol. The maximum atomic E-state index is 12.8. The first kappa shape index (κ1) is 21.4. The molecular weight excluding hydrogens is 426 g/mol. The molecular formula is C19H19N5O4S2. The molecule has 1 heterocycles. The lowest BCUT2D eigenvalue weighted by molar-refractivity contribution is -0.114. The third-order valence-electron chi connectivity index (χ3n) is 3.98. The van der Waals surface area contributed by atoms with E-state index in [4.69, 9.17) is 0 Å². The number of carbonyl (C=O) groups excluding carboxylic acids is 2. The van der Waals surface area contributed by atoms with E-state index < -0.39 is 21.8 Å². The lowest BCUT2D eigenvalue weighted by Gasteiger charge is -2.16. The Morgan fingerprint density at radius 1 is 1.00 bits per heavy atom. The Morgan fingerprint density at radius 2 is 1.67 bits per heavy atom. The first-order chi connectivity index (χ1) is 14.3. The second-order valence-corrected chi connectivity index (χ2v) is 9.14. The summed E-state index contributed by atoms with van der Waals surface area (Å²) in [4.78, 5) is 23.9. The number of nitrogens with zero attached hydrogens (tertiary/aromatic N) is 2. The van der Waals surface area contributed by atoms with Crippen LogP contribution in [0.1, 0.15) is 35.8 Å². The van der Waals surface area contributed by atoms with Crippen molar-refractivity contribution < 1.29 is 18.0 Å². The molecule has 9 nitrogen and oxygen atoms in total. The van der Waals surface area contributed by atoms with Gasteiger partial charge >= 0.3 is 0 Å². The van der Waals surface area contributed by atoms with Gasteiger partial charge in [0.15, 0.2) is 0 Å². The summed E-state index contributed by atoms with van der Waals surface area (Å²) in [6.07, 6.45) is 0. The highest BCUT2D eigenvalue weighted by atomic mass is 32.2. The van der Waals surface area contributed by atoms with Gasteiger partial charge in [-0.3, -0.25) is 14.3 Å². The molecule has 2 aromatic carbocycles. The van der Waals surface area contributed by atoms with Gasteiger partial charge in [0.1, 0.15) is 0 Å². The Kier molecular flexibility index (Phi) is 6.43. The number of benzene rings is 2. The maximum absolute atomic E-state index is 12.8. The number of sulfonamides is 1. The highest BCUT2D eigenvalue weighted by Gasteiger charge is 2.23. The zero-order chi connectivity index (χ0) is 21.7. The largest absolute Gasteiger partial charge is 0.345 e. The molecule has 0 bridgehead atoms. The third kappa shape index (κ3) is 5.19. The zero-order valence-corrected chi connectivity index (χ0v) is 17.8. The van der Waals surface area contributed by atoms with Gasteiger partial charge in [0.2, 0.25) is 11.0 Å². The molecule has 3 aromatic rings. The number of anilines is 2. The standard InChI is InChI=1S/C19H19N5O4S2/c1-12(14-8-4-3-5-9-14)20-17(26)15-10-6-7-11-16(15)24-30(27,28)19-23-22-18(29-19)21-13(2)25/h3-12,24H,1-2H3,(H,20,26)(H,21,22,25). The van der Waals surface area contributed by atoms with Crippen molar-refractivity contribution in [1.29, 1.82) is 0 Å². The van der Waals surface area contributed by atoms with Crippen LogP contribution < -0.4 is 15.4 Å². The topological polar surface area (TPSA) is 130 Å². The fraction of sp³-hybridized carbons (Fsp3) is 0.158. The fourth-order valence-corrected chi connectivity index (χ4v) is 4.60. The summed E-state index contributed by atoms with van der Waals surface area (Å²) in [6, 6.07) is 15.4. The number of para-hydroxylation sites is 1. The van der Waals surface area contributed by atoms with E-state index >= 15 is 0 Å². The van der Waals surface area contributed by atoms with Crippen molar-refractivity contribution >= 4 is 44.0 Å². The summed E-state index contributed by atoms with van der Waals surface area (Å²) in [7, 11) is -4.10. The molecule has 1 aromatic heterocycles. The number of hydrogen-bond donors (Lipinski definition) is 3. The minimum atomic E-state index is -4.10. The lowest BCUT2D eigenvalue weighted by atomic mass is 10.1. The van der Waals surface area contributed by atoms with Crippen molar-refractivity contribution in [2.45, 2.75) is 24.2 Å². The molecule has 11 heteroatoms. The second kappa shape index (κ2) is 9.01. The van der Waals surface area contributed by atoms with Crippen molar-refractivity contribution in [1.82, 2.24) is 15.5 Å². The molecule has 1 atom stereocenters. The fourth-order valence-electron chi connectivity index (χ4n) is 2.58. The maximum Gasteiger partial charge on any atom is 0.291 e. The number of nitrogens with one attached hydrogen (secondary N) is 3. The Hall–Kier alpha value is -3.31. The Balaban J connectivity index is 1.80. The van der Waals surface area contributed by atoms with Crippen LogP contribution >= 0.6 is 11.3 Å². The van der Waals surface area contributed by atoms with Crippen LogP contribution in [0.15, 0.2) is 58.9 Å². The molecule has 1 unspecified atom stereocenters. The highest BCUT2D eigenvalue weighted by molar-refractivity contribution is 7.94. The zero-order valence-electron chi connectivity index (χ0n) is 16.1. The van der Waals surface area contributed by atoms with Gasteiger partial charge in [0.25, 0.3) is 20.3 Å². The number of aromatic nitrogens is 2. The average molecular weight is 446 g/mol. The van der Waals surface area contributed by atoms with Gasteiger partial charge in [-0.25, -0.2) is 0 Å². The van der Waals surface area contributed by atoms with Crippen LogP contribution in [0, 0.1) is 0 Å². The molecule has 3 rings (SSSR count). The summed E-state index contributed by atoms with van der Waals surface area (Å²) in [5.74, 6) is -0.821. The molecule has 0 radical (unpaired) electrons. The van der Waals surface area contributed by atoms with Crippen LogP contribution in [0.25, 0.3) is 0 Å². The van der Waals surface area contributed by atoms with E-state index in [-0.39, 0.29) is 26.8 Å². The highest BCUT2D eigenvalue weighted by Crippen LogP contribution is 2.25. The van der Waals surface area contributed by atoms with Crippen molar-refractivity contribution in [3.8, 4) is 0 Å². The number of rotatable bonds is 7. The molecule has 156 valence electrons. The average Bonchev–Trinajstić information content (AvgIpc) is 3.17. The molecule has 0 saturated heterocycles. The van der Waals surface area contributed by atoms with Gasteiger partial charge in [-0.2, -0.15) is 8.42 Å². The molecule has 2 amide bonds. The van der Waals surface area contributed by atoms with E-state index in [1.165, 1.54) is 19.1 Å². The Labute approximate surface area is 177 Å². The first-order valence-corrected chi connectivity index (χ1v) is 11.1. The molecule has 0 aliphatic carbocycles. The minimum absolute atomic E-state index is 0.0607. The molecule has 0 aliphatic heterocycles. The van der Waals surface area contributed by atoms with E-state index in [1.54, 1.807) is 12.1 Å². The van der Waals surface area contributed by atoms with Crippen LogP contribution in [-0.4, -0.2) is 30.4 Å². The quantitative estimate of drug-likeness (QED) is 0.480. The predicted molar refractivity (Wildman–Crippen MR) is 114 cm³/mol. The van der Waals surface area contributed by atoms with Crippen LogP contribution in [-0.2, 0) is 14.8 Å². The number of hydrogen-bond acceptors (Lipinski definition) is 7. The third-order valence-corrected chi connectivity index (χ3v) is 6.55. The second-order valence-electron chi connectivity index (χ2n) is 6.31. The van der Waals surface area contributed by atoms with Gasteiger partial charge in [-0.05, 0) is 24.6 Å². The molecule has 30 heavy (non-hydrogen) atoms. The number of carbonyl (C=O) groups is 2. The molecule has 0 aliphatic rings. The molecule has 0 spiro atoms. The molecule has 3 N–H and O–H groups in total. The van der Waals surface area contributed by atoms with Gasteiger partial charge < -0.3 is 10.6 Å². The summed E-state index contributed by atoms with van der Waals surface area (Å²) in [6.45, 7) is 3.12. The molecule has 0 fully saturated rings. The molecule has 0 saturated carbocycles. The van der Waals surface area contributed by atoms with Crippen molar-refractivity contribution in [2.75, 3.05) is 10.0 Å². The first-order valence-electron chi connectivity index (χ1n) is 8.85. The van der Waals surface area contributed by atoms with Crippen molar-refractivity contribution in [3.05, 3.63) is 65.7 Å².